The molecular weight excluding hydrogens is 341 g/mol. The first-order valence-corrected chi connectivity index (χ1v) is 6.20. The van der Waals surface area contributed by atoms with E-state index in [9.17, 15) is 0 Å². The molecule has 0 aliphatic rings. The van der Waals surface area contributed by atoms with Gasteiger partial charge in [-0.25, -0.2) is 9.97 Å². The van der Waals surface area contributed by atoms with E-state index in [0.717, 1.165) is 0 Å². The van der Waals surface area contributed by atoms with Gasteiger partial charge in [0, 0.05) is 22.9 Å². The van der Waals surface area contributed by atoms with Gasteiger partial charge in [-0.15, -0.1) is 0 Å². The minimum atomic E-state index is 0.0765. The second kappa shape index (κ2) is 5.53. The lowest BCUT2D eigenvalue weighted by Gasteiger charge is -2.08. The zero-order valence-corrected chi connectivity index (χ0v) is 11.8. The summed E-state index contributed by atoms with van der Waals surface area (Å²) in [6.07, 6.45) is 2.83. The van der Waals surface area contributed by atoms with Crippen molar-refractivity contribution in [2.24, 2.45) is 0 Å². The van der Waals surface area contributed by atoms with Gasteiger partial charge < -0.3 is 4.74 Å². The molecule has 0 saturated heterocycles. The van der Waals surface area contributed by atoms with E-state index in [1.165, 1.54) is 18.5 Å². The summed E-state index contributed by atoms with van der Waals surface area (Å²) >= 11 is 15.2. The molecule has 1 aromatic heterocycles. The summed E-state index contributed by atoms with van der Waals surface area (Å²) in [4.78, 5) is 7.75. The molecule has 0 aliphatic carbocycles. The van der Waals surface area contributed by atoms with Crippen LogP contribution in [0.2, 0.25) is 10.0 Å². The van der Waals surface area contributed by atoms with E-state index in [1.807, 2.05) is 6.07 Å². The molecule has 0 atom stereocenters. The molecule has 0 saturated carbocycles. The van der Waals surface area contributed by atoms with Crippen molar-refractivity contribution in [2.45, 2.75) is 0 Å². The SMILES string of the molecule is N#Cc1nccnc1Oc1cc(Cl)c(Br)cc1Cl. The number of benzene rings is 1. The summed E-state index contributed by atoms with van der Waals surface area (Å²) in [6, 6.07) is 5.01. The van der Waals surface area contributed by atoms with Crippen LogP contribution in [0.5, 0.6) is 11.6 Å². The fourth-order valence-electron chi connectivity index (χ4n) is 1.16. The van der Waals surface area contributed by atoms with E-state index in [-0.39, 0.29) is 11.6 Å². The summed E-state index contributed by atoms with van der Waals surface area (Å²) in [7, 11) is 0. The molecule has 0 fully saturated rings. The molecule has 1 aromatic carbocycles. The van der Waals surface area contributed by atoms with Crippen LogP contribution in [0.25, 0.3) is 0 Å². The highest BCUT2D eigenvalue weighted by atomic mass is 79.9. The molecule has 0 bridgehead atoms. The number of rotatable bonds is 2. The smallest absolute Gasteiger partial charge is 0.256 e. The monoisotopic (exact) mass is 343 g/mol. The first kappa shape index (κ1) is 13.1. The lowest BCUT2D eigenvalue weighted by atomic mass is 10.3. The van der Waals surface area contributed by atoms with E-state index < -0.39 is 0 Å². The third kappa shape index (κ3) is 2.72. The Bertz CT molecular complexity index is 643. The van der Waals surface area contributed by atoms with Gasteiger partial charge in [-0.05, 0) is 22.0 Å². The Morgan fingerprint density at radius 3 is 2.61 bits per heavy atom. The van der Waals surface area contributed by atoms with Crippen molar-refractivity contribution in [1.82, 2.24) is 9.97 Å². The summed E-state index contributed by atoms with van der Waals surface area (Å²) < 4.78 is 6.09. The standard InChI is InChI=1S/C11H4BrCl2N3O/c12-6-3-8(14)10(4-7(6)13)18-11-9(5-15)16-1-2-17-11/h1-4H. The molecule has 0 N–H and O–H groups in total. The van der Waals surface area contributed by atoms with E-state index in [1.54, 1.807) is 6.07 Å². The molecule has 2 aromatic rings. The minimum Gasteiger partial charge on any atom is -0.435 e. The van der Waals surface area contributed by atoms with E-state index in [0.29, 0.717) is 20.3 Å². The number of ether oxygens (including phenoxy) is 1. The second-order valence-corrected chi connectivity index (χ2v) is 4.79. The Balaban J connectivity index is 2.41. The van der Waals surface area contributed by atoms with Crippen molar-refractivity contribution in [3.05, 3.63) is 44.7 Å². The van der Waals surface area contributed by atoms with Crippen LogP contribution in [0, 0.1) is 11.3 Å². The van der Waals surface area contributed by atoms with Crippen LogP contribution >= 0.6 is 39.1 Å². The first-order valence-electron chi connectivity index (χ1n) is 4.65. The average molecular weight is 345 g/mol. The van der Waals surface area contributed by atoms with Crippen LogP contribution in [-0.4, -0.2) is 9.97 Å². The van der Waals surface area contributed by atoms with Crippen LogP contribution in [0.15, 0.2) is 29.0 Å². The molecule has 1 heterocycles. The van der Waals surface area contributed by atoms with Gasteiger partial charge in [0.05, 0.1) is 10.0 Å². The van der Waals surface area contributed by atoms with Crippen LogP contribution in [0.3, 0.4) is 0 Å². The van der Waals surface area contributed by atoms with Crippen LogP contribution in [0.1, 0.15) is 5.69 Å². The minimum absolute atomic E-state index is 0.0765. The highest BCUT2D eigenvalue weighted by Gasteiger charge is 2.11. The molecule has 90 valence electrons. The lowest BCUT2D eigenvalue weighted by Crippen LogP contribution is -1.94. The molecule has 18 heavy (non-hydrogen) atoms. The summed E-state index contributed by atoms with van der Waals surface area (Å²) in [6.45, 7) is 0. The summed E-state index contributed by atoms with van der Waals surface area (Å²) in [5, 5.41) is 9.65. The number of nitriles is 1. The van der Waals surface area contributed by atoms with E-state index >= 15 is 0 Å². The zero-order valence-electron chi connectivity index (χ0n) is 8.69. The number of hydrogen-bond acceptors (Lipinski definition) is 4. The highest BCUT2D eigenvalue weighted by molar-refractivity contribution is 9.10. The molecule has 0 radical (unpaired) electrons. The average Bonchev–Trinajstić information content (AvgIpc) is 2.36. The highest BCUT2D eigenvalue weighted by Crippen LogP contribution is 2.36. The molecule has 2 rings (SSSR count). The van der Waals surface area contributed by atoms with Crippen molar-refractivity contribution < 1.29 is 4.74 Å². The molecule has 0 spiro atoms. The zero-order chi connectivity index (χ0) is 13.1. The molecule has 4 nitrogen and oxygen atoms in total. The van der Waals surface area contributed by atoms with Gasteiger partial charge in [-0.3, -0.25) is 0 Å². The third-order valence-corrected chi connectivity index (χ3v) is 3.44. The predicted octanol–water partition coefficient (Wildman–Crippen LogP) is 4.21. The fraction of sp³-hybridized carbons (Fsp3) is 0. The topological polar surface area (TPSA) is 58.8 Å². The van der Waals surface area contributed by atoms with E-state index in [4.69, 9.17) is 33.2 Å². The summed E-state index contributed by atoms with van der Waals surface area (Å²) in [5.41, 5.74) is 0.0765. The maximum Gasteiger partial charge on any atom is 0.256 e. The van der Waals surface area contributed by atoms with Crippen molar-refractivity contribution in [3.8, 4) is 17.7 Å². The molecular formula is C11H4BrCl2N3O. The second-order valence-electron chi connectivity index (χ2n) is 3.12. The van der Waals surface area contributed by atoms with Crippen molar-refractivity contribution in [3.63, 3.8) is 0 Å². The predicted molar refractivity (Wildman–Crippen MR) is 71.0 cm³/mol. The van der Waals surface area contributed by atoms with Crippen LogP contribution < -0.4 is 4.74 Å². The number of aromatic nitrogens is 2. The number of nitrogens with zero attached hydrogens (tertiary/aromatic N) is 3. The Hall–Kier alpha value is -1.35. The van der Waals surface area contributed by atoms with Crippen LogP contribution in [0.4, 0.5) is 0 Å². The van der Waals surface area contributed by atoms with E-state index in [2.05, 4.69) is 25.9 Å². The first-order chi connectivity index (χ1) is 8.61. The van der Waals surface area contributed by atoms with Gasteiger partial charge in [-0.2, -0.15) is 5.26 Å². The number of hydrogen-bond donors (Lipinski definition) is 0. The molecule has 0 unspecified atom stereocenters. The molecule has 0 aliphatic heterocycles. The Morgan fingerprint density at radius 1 is 1.17 bits per heavy atom. The lowest BCUT2D eigenvalue weighted by molar-refractivity contribution is 0.458. The normalized spacial score (nSPS) is 9.89. The van der Waals surface area contributed by atoms with Crippen molar-refractivity contribution >= 4 is 39.1 Å². The third-order valence-electron chi connectivity index (χ3n) is 1.95. The number of halogens is 3. The van der Waals surface area contributed by atoms with Gasteiger partial charge in [0.15, 0.2) is 0 Å². The van der Waals surface area contributed by atoms with Crippen molar-refractivity contribution in [1.29, 1.82) is 5.26 Å². The van der Waals surface area contributed by atoms with Gasteiger partial charge in [-0.1, -0.05) is 23.2 Å². The molecule has 0 amide bonds. The van der Waals surface area contributed by atoms with Gasteiger partial charge in [0.25, 0.3) is 5.88 Å². The van der Waals surface area contributed by atoms with Gasteiger partial charge >= 0.3 is 0 Å². The quantitative estimate of drug-likeness (QED) is 0.765. The van der Waals surface area contributed by atoms with Gasteiger partial charge in [0.2, 0.25) is 5.69 Å². The largest absolute Gasteiger partial charge is 0.435 e. The summed E-state index contributed by atoms with van der Waals surface area (Å²) in [5.74, 6) is 0.391. The maximum absolute atomic E-state index is 8.87. The maximum atomic E-state index is 8.87. The molecule has 7 heteroatoms. The van der Waals surface area contributed by atoms with Crippen LogP contribution in [-0.2, 0) is 0 Å². The van der Waals surface area contributed by atoms with Gasteiger partial charge in [0.1, 0.15) is 11.8 Å². The Labute approximate surface area is 121 Å². The Kier molecular flexibility index (Phi) is 4.02. The Morgan fingerprint density at radius 2 is 1.89 bits per heavy atom. The fourth-order valence-corrected chi connectivity index (χ4v) is 1.99. The van der Waals surface area contributed by atoms with Crippen molar-refractivity contribution in [2.75, 3.05) is 0 Å².